The zero-order chi connectivity index (χ0) is 19.3. The lowest BCUT2D eigenvalue weighted by Crippen LogP contribution is -2.25. The molecule has 1 N–H and O–H groups in total. The van der Waals surface area contributed by atoms with Gasteiger partial charge in [0.25, 0.3) is 0 Å². The Bertz CT molecular complexity index is 973. The van der Waals surface area contributed by atoms with Crippen molar-refractivity contribution in [1.82, 2.24) is 14.9 Å². The number of aryl methyl sites for hydroxylation is 2. The van der Waals surface area contributed by atoms with Crippen LogP contribution in [0.3, 0.4) is 0 Å². The van der Waals surface area contributed by atoms with Crippen LogP contribution in [0.15, 0.2) is 40.9 Å². The molecule has 0 spiro atoms. The van der Waals surface area contributed by atoms with Gasteiger partial charge in [0.1, 0.15) is 28.3 Å². The minimum atomic E-state index is 0.353. The molecule has 0 saturated carbocycles. The summed E-state index contributed by atoms with van der Waals surface area (Å²) in [6, 6.07) is 12.6. The highest BCUT2D eigenvalue weighted by Gasteiger charge is 2.26. The minimum absolute atomic E-state index is 0.353. The Hall–Kier alpha value is -2.69. The summed E-state index contributed by atoms with van der Waals surface area (Å²) >= 11 is 1.33. The predicted octanol–water partition coefficient (Wildman–Crippen LogP) is 4.82. The van der Waals surface area contributed by atoms with E-state index in [0.717, 1.165) is 55.4 Å². The molecule has 6 nitrogen and oxygen atoms in total. The van der Waals surface area contributed by atoms with Crippen LogP contribution >= 0.6 is 11.3 Å². The van der Waals surface area contributed by atoms with Gasteiger partial charge in [0.05, 0.1) is 17.9 Å². The number of anilines is 2. The Labute approximate surface area is 168 Å². The molecule has 4 rings (SSSR count). The Morgan fingerprint density at radius 1 is 1.36 bits per heavy atom. The molecule has 4 heterocycles. The predicted molar refractivity (Wildman–Crippen MR) is 110 cm³/mol. The Morgan fingerprint density at radius 3 is 3.07 bits per heavy atom. The summed E-state index contributed by atoms with van der Waals surface area (Å²) < 4.78 is 5.68. The van der Waals surface area contributed by atoms with Crippen molar-refractivity contribution < 1.29 is 4.42 Å². The molecule has 1 aliphatic rings. The van der Waals surface area contributed by atoms with E-state index in [0.29, 0.717) is 16.1 Å². The number of pyridine rings is 1. The minimum Gasteiger partial charge on any atom is -0.466 e. The highest BCUT2D eigenvalue weighted by atomic mass is 32.1. The fourth-order valence-electron chi connectivity index (χ4n) is 3.70. The first-order valence-electron chi connectivity index (χ1n) is 9.60. The van der Waals surface area contributed by atoms with Gasteiger partial charge in [-0.2, -0.15) is 5.26 Å². The molecule has 0 amide bonds. The van der Waals surface area contributed by atoms with Crippen LogP contribution in [-0.2, 0) is 6.42 Å². The van der Waals surface area contributed by atoms with Gasteiger partial charge in [-0.1, -0.05) is 17.4 Å². The van der Waals surface area contributed by atoms with Crippen LogP contribution in [-0.4, -0.2) is 28.0 Å². The fraction of sp³-hybridized carbons (Fsp3) is 0.381. The Balaban J connectivity index is 1.38. The van der Waals surface area contributed by atoms with Crippen molar-refractivity contribution in [2.45, 2.75) is 38.6 Å². The monoisotopic (exact) mass is 393 g/mol. The first kappa shape index (κ1) is 18.7. The summed E-state index contributed by atoms with van der Waals surface area (Å²) in [6.07, 6.45) is 5.96. The number of furan rings is 1. The van der Waals surface area contributed by atoms with Crippen LogP contribution < -0.4 is 5.32 Å². The number of nitrogens with zero attached hydrogens (tertiary/aromatic N) is 4. The number of aromatic nitrogens is 2. The second-order valence-electron chi connectivity index (χ2n) is 7.02. The lowest BCUT2D eigenvalue weighted by atomic mass is 10.1. The van der Waals surface area contributed by atoms with E-state index in [1.165, 1.54) is 17.8 Å². The van der Waals surface area contributed by atoms with Gasteiger partial charge in [-0.05, 0) is 63.5 Å². The molecule has 0 unspecified atom stereocenters. The standard InChI is InChI=1S/C21H23N5OS/c1-15-9-10-16(27-15)5-3-11-26-12-4-7-19(26)18-6-2-8-20(24-18)25-21-23-14-17(13-22)28-21/h2,6,8-10,14,19H,3-5,7,11-12H2,1H3,(H,23,24,25)/t19-/m1/s1. The molecule has 3 aromatic rings. The first-order chi connectivity index (χ1) is 13.7. The van der Waals surface area contributed by atoms with Gasteiger partial charge in [0.15, 0.2) is 5.13 Å². The van der Waals surface area contributed by atoms with E-state index in [1.807, 2.05) is 25.1 Å². The van der Waals surface area contributed by atoms with Crippen LogP contribution in [0.1, 0.15) is 47.4 Å². The maximum atomic E-state index is 8.94. The maximum Gasteiger partial charge on any atom is 0.189 e. The van der Waals surface area contributed by atoms with Gasteiger partial charge in [-0.25, -0.2) is 9.97 Å². The van der Waals surface area contributed by atoms with Crippen molar-refractivity contribution in [2.24, 2.45) is 0 Å². The molecule has 1 fully saturated rings. The lowest BCUT2D eigenvalue weighted by Gasteiger charge is -2.24. The number of rotatable bonds is 7. The maximum absolute atomic E-state index is 8.94. The first-order valence-corrected chi connectivity index (χ1v) is 10.4. The van der Waals surface area contributed by atoms with Crippen LogP contribution in [0.25, 0.3) is 0 Å². The molecule has 0 aliphatic carbocycles. The summed E-state index contributed by atoms with van der Waals surface area (Å²) in [6.45, 7) is 4.14. The second-order valence-corrected chi connectivity index (χ2v) is 8.05. The van der Waals surface area contributed by atoms with Crippen molar-refractivity contribution in [1.29, 1.82) is 5.26 Å². The van der Waals surface area contributed by atoms with Crippen LogP contribution in [0.5, 0.6) is 0 Å². The Morgan fingerprint density at radius 2 is 2.29 bits per heavy atom. The zero-order valence-corrected chi connectivity index (χ0v) is 16.7. The molecule has 0 bridgehead atoms. The van der Waals surface area contributed by atoms with Gasteiger partial charge in [-0.3, -0.25) is 4.90 Å². The van der Waals surface area contributed by atoms with E-state index in [2.05, 4.69) is 33.4 Å². The zero-order valence-electron chi connectivity index (χ0n) is 15.9. The summed E-state index contributed by atoms with van der Waals surface area (Å²) in [5, 5.41) is 12.9. The number of hydrogen-bond donors (Lipinski definition) is 1. The molecule has 1 saturated heterocycles. The van der Waals surface area contributed by atoms with Crippen molar-refractivity contribution in [3.05, 3.63) is 58.6 Å². The van der Waals surface area contributed by atoms with E-state index >= 15 is 0 Å². The number of thiazole rings is 1. The van der Waals surface area contributed by atoms with E-state index in [1.54, 1.807) is 6.20 Å². The summed E-state index contributed by atoms with van der Waals surface area (Å²) in [4.78, 5) is 12.2. The molecular weight excluding hydrogens is 370 g/mol. The van der Waals surface area contributed by atoms with Crippen molar-refractivity contribution >= 4 is 22.3 Å². The van der Waals surface area contributed by atoms with Gasteiger partial charge >= 0.3 is 0 Å². The number of hydrogen-bond acceptors (Lipinski definition) is 7. The topological polar surface area (TPSA) is 78.0 Å². The smallest absolute Gasteiger partial charge is 0.189 e. The molecule has 144 valence electrons. The fourth-order valence-corrected chi connectivity index (χ4v) is 4.32. The number of nitriles is 1. The van der Waals surface area contributed by atoms with Crippen LogP contribution in [0, 0.1) is 18.3 Å². The number of nitrogens with one attached hydrogen (secondary N) is 1. The van der Waals surface area contributed by atoms with E-state index in [-0.39, 0.29) is 0 Å². The average molecular weight is 394 g/mol. The lowest BCUT2D eigenvalue weighted by molar-refractivity contribution is 0.248. The van der Waals surface area contributed by atoms with Crippen molar-refractivity contribution in [3.8, 4) is 6.07 Å². The molecular formula is C21H23N5OS. The number of likely N-dealkylation sites (tertiary alicyclic amines) is 1. The van der Waals surface area contributed by atoms with Crippen LogP contribution in [0.4, 0.5) is 10.9 Å². The molecule has 28 heavy (non-hydrogen) atoms. The largest absolute Gasteiger partial charge is 0.466 e. The summed E-state index contributed by atoms with van der Waals surface area (Å²) in [5.41, 5.74) is 1.09. The second kappa shape index (κ2) is 8.55. The van der Waals surface area contributed by atoms with E-state index in [9.17, 15) is 0 Å². The SMILES string of the molecule is Cc1ccc(CCCN2CCC[C@@H]2c2cccc(Nc3ncc(C#N)s3)n2)o1. The third kappa shape index (κ3) is 4.41. The molecule has 0 radical (unpaired) electrons. The summed E-state index contributed by atoms with van der Waals surface area (Å²) in [7, 11) is 0. The average Bonchev–Trinajstić information content (AvgIpc) is 3.43. The van der Waals surface area contributed by atoms with E-state index < -0.39 is 0 Å². The molecule has 0 aromatic carbocycles. The summed E-state index contributed by atoms with van der Waals surface area (Å²) in [5.74, 6) is 2.82. The van der Waals surface area contributed by atoms with E-state index in [4.69, 9.17) is 14.7 Å². The van der Waals surface area contributed by atoms with Gasteiger partial charge in [0.2, 0.25) is 0 Å². The molecule has 7 heteroatoms. The van der Waals surface area contributed by atoms with Gasteiger partial charge in [0, 0.05) is 6.42 Å². The van der Waals surface area contributed by atoms with Gasteiger partial charge < -0.3 is 9.73 Å². The molecule has 1 aliphatic heterocycles. The third-order valence-electron chi connectivity index (χ3n) is 4.99. The molecule has 3 aromatic heterocycles. The highest BCUT2D eigenvalue weighted by molar-refractivity contribution is 7.16. The third-order valence-corrected chi connectivity index (χ3v) is 5.81. The Kier molecular flexibility index (Phi) is 5.70. The highest BCUT2D eigenvalue weighted by Crippen LogP contribution is 2.32. The molecule has 1 atom stereocenters. The normalized spacial score (nSPS) is 16.9. The van der Waals surface area contributed by atoms with Crippen molar-refractivity contribution in [2.75, 3.05) is 18.4 Å². The van der Waals surface area contributed by atoms with Gasteiger partial charge in [-0.15, -0.1) is 0 Å². The van der Waals surface area contributed by atoms with Crippen LogP contribution in [0.2, 0.25) is 0 Å². The quantitative estimate of drug-likeness (QED) is 0.620. The van der Waals surface area contributed by atoms with Crippen molar-refractivity contribution in [3.63, 3.8) is 0 Å².